The predicted molar refractivity (Wildman–Crippen MR) is 89.3 cm³/mol. The summed E-state index contributed by atoms with van der Waals surface area (Å²) in [7, 11) is 0. The van der Waals surface area contributed by atoms with Crippen LogP contribution in [-0.4, -0.2) is 6.04 Å². The molecule has 2 rings (SSSR count). The molecule has 0 aliphatic heterocycles. The highest BCUT2D eigenvalue weighted by Crippen LogP contribution is 2.32. The molecule has 2 nitrogen and oxygen atoms in total. The Morgan fingerprint density at radius 3 is 2.52 bits per heavy atom. The Morgan fingerprint density at radius 1 is 1.14 bits per heavy atom. The second-order valence-corrected chi connectivity index (χ2v) is 5.89. The average molecular weight is 324 g/mol. The molecule has 0 bridgehead atoms. The zero-order valence-electron chi connectivity index (χ0n) is 12.1. The van der Waals surface area contributed by atoms with Gasteiger partial charge in [0.15, 0.2) is 0 Å². The van der Waals surface area contributed by atoms with Crippen LogP contribution in [0.1, 0.15) is 30.6 Å². The number of hydrogen-bond donors (Lipinski definition) is 1. The van der Waals surface area contributed by atoms with Gasteiger partial charge in [-0.3, -0.25) is 0 Å². The fraction of sp³-hybridized carbons (Fsp3) is 0.294. The van der Waals surface area contributed by atoms with E-state index in [9.17, 15) is 0 Å². The molecule has 2 atom stereocenters. The number of hydrogen-bond acceptors (Lipinski definition) is 2. The third kappa shape index (κ3) is 3.91. The van der Waals surface area contributed by atoms with Crippen LogP contribution >= 0.6 is 23.2 Å². The Hall–Kier alpha value is -1.22. The highest BCUT2D eigenvalue weighted by molar-refractivity contribution is 6.31. The van der Waals surface area contributed by atoms with Crippen LogP contribution in [0.15, 0.2) is 42.5 Å². The van der Waals surface area contributed by atoms with Crippen molar-refractivity contribution in [3.05, 3.63) is 63.6 Å². The van der Waals surface area contributed by atoms with E-state index < -0.39 is 0 Å². The molecule has 0 fully saturated rings. The lowest BCUT2D eigenvalue weighted by molar-refractivity contribution is 0.170. The van der Waals surface area contributed by atoms with Gasteiger partial charge in [0.2, 0.25) is 0 Å². The number of aryl methyl sites for hydroxylation is 1. The maximum absolute atomic E-state index is 6.30. The minimum Gasteiger partial charge on any atom is -0.484 e. The van der Waals surface area contributed by atoms with Crippen molar-refractivity contribution in [1.82, 2.24) is 0 Å². The van der Waals surface area contributed by atoms with Crippen LogP contribution in [0, 0.1) is 6.92 Å². The summed E-state index contributed by atoms with van der Waals surface area (Å²) in [6.45, 7) is 4.01. The zero-order chi connectivity index (χ0) is 15.4. The van der Waals surface area contributed by atoms with Gasteiger partial charge in [0.05, 0.1) is 0 Å². The van der Waals surface area contributed by atoms with Crippen molar-refractivity contribution in [2.75, 3.05) is 0 Å². The lowest BCUT2D eigenvalue weighted by Gasteiger charge is -2.26. The van der Waals surface area contributed by atoms with Gasteiger partial charge in [-0.2, -0.15) is 0 Å². The first-order chi connectivity index (χ1) is 10.0. The fourth-order valence-corrected chi connectivity index (χ4v) is 2.54. The van der Waals surface area contributed by atoms with Gasteiger partial charge in [0.1, 0.15) is 11.9 Å². The summed E-state index contributed by atoms with van der Waals surface area (Å²) in [5.41, 5.74) is 8.15. The van der Waals surface area contributed by atoms with Gasteiger partial charge < -0.3 is 10.5 Å². The molecular weight excluding hydrogens is 305 g/mol. The molecular formula is C17H19Cl2NO. The molecule has 2 N–H and O–H groups in total. The summed E-state index contributed by atoms with van der Waals surface area (Å²) in [6, 6.07) is 13.1. The summed E-state index contributed by atoms with van der Waals surface area (Å²) in [5, 5.41) is 1.30. The molecule has 112 valence electrons. The van der Waals surface area contributed by atoms with Crippen molar-refractivity contribution < 1.29 is 4.74 Å². The second-order valence-electron chi connectivity index (χ2n) is 5.04. The molecule has 0 spiro atoms. The summed E-state index contributed by atoms with van der Waals surface area (Å²) in [5.74, 6) is 0.733. The van der Waals surface area contributed by atoms with Gasteiger partial charge in [-0.1, -0.05) is 54.4 Å². The Labute approximate surface area is 135 Å². The van der Waals surface area contributed by atoms with Crippen LogP contribution in [-0.2, 0) is 0 Å². The topological polar surface area (TPSA) is 35.2 Å². The Bertz CT molecular complexity index is 615. The third-order valence-electron chi connectivity index (χ3n) is 3.48. The predicted octanol–water partition coefficient (Wildman–Crippen LogP) is 5.16. The zero-order valence-corrected chi connectivity index (χ0v) is 13.7. The summed E-state index contributed by atoms with van der Waals surface area (Å²) in [4.78, 5) is 0. The van der Waals surface area contributed by atoms with Crippen LogP contribution in [0.5, 0.6) is 5.75 Å². The van der Waals surface area contributed by atoms with E-state index in [1.807, 2.05) is 56.3 Å². The summed E-state index contributed by atoms with van der Waals surface area (Å²) in [6.07, 6.45) is 0.482. The van der Waals surface area contributed by atoms with Crippen LogP contribution in [0.4, 0.5) is 0 Å². The molecule has 0 saturated carbocycles. The largest absolute Gasteiger partial charge is 0.484 e. The quantitative estimate of drug-likeness (QED) is 0.824. The normalized spacial score (nSPS) is 13.8. The monoisotopic (exact) mass is 323 g/mol. The van der Waals surface area contributed by atoms with Crippen molar-refractivity contribution in [2.24, 2.45) is 5.73 Å². The minimum atomic E-state index is -0.305. The molecule has 2 aromatic rings. The Balaban J connectivity index is 2.38. The summed E-state index contributed by atoms with van der Waals surface area (Å²) < 4.78 is 6.15. The highest BCUT2D eigenvalue weighted by atomic mass is 35.5. The molecule has 0 radical (unpaired) electrons. The molecule has 2 aromatic carbocycles. The van der Waals surface area contributed by atoms with E-state index in [0.717, 1.165) is 23.3 Å². The van der Waals surface area contributed by atoms with Crippen LogP contribution in [0.25, 0.3) is 0 Å². The van der Waals surface area contributed by atoms with Crippen molar-refractivity contribution >= 4 is 23.2 Å². The van der Waals surface area contributed by atoms with Gasteiger partial charge in [0.25, 0.3) is 0 Å². The molecule has 0 aliphatic carbocycles. The van der Waals surface area contributed by atoms with Gasteiger partial charge in [0, 0.05) is 21.7 Å². The van der Waals surface area contributed by atoms with E-state index in [1.165, 1.54) is 0 Å². The van der Waals surface area contributed by atoms with Crippen molar-refractivity contribution in [3.8, 4) is 5.75 Å². The maximum atomic E-state index is 6.30. The van der Waals surface area contributed by atoms with E-state index in [-0.39, 0.29) is 12.1 Å². The van der Waals surface area contributed by atoms with Crippen LogP contribution in [0.2, 0.25) is 10.0 Å². The standard InChI is InChI=1S/C17H19Cl2NO/c1-3-15(20)17(13-6-4-5-7-14(13)19)21-16-10-12(18)9-8-11(16)2/h4-10,15,17H,3,20H2,1-2H3. The van der Waals surface area contributed by atoms with Gasteiger partial charge in [-0.15, -0.1) is 0 Å². The van der Waals surface area contributed by atoms with E-state index >= 15 is 0 Å². The Morgan fingerprint density at radius 2 is 1.86 bits per heavy atom. The fourth-order valence-electron chi connectivity index (χ4n) is 2.14. The molecule has 0 aliphatic rings. The molecule has 0 amide bonds. The smallest absolute Gasteiger partial charge is 0.140 e. The SMILES string of the molecule is CCC(N)C(Oc1cc(Cl)ccc1C)c1ccccc1Cl. The minimum absolute atomic E-state index is 0.150. The maximum Gasteiger partial charge on any atom is 0.140 e. The van der Waals surface area contributed by atoms with E-state index in [4.69, 9.17) is 33.7 Å². The number of benzene rings is 2. The number of rotatable bonds is 5. The average Bonchev–Trinajstić information content (AvgIpc) is 2.48. The lowest BCUT2D eigenvalue weighted by atomic mass is 10.0. The van der Waals surface area contributed by atoms with E-state index in [0.29, 0.717) is 10.0 Å². The van der Waals surface area contributed by atoms with Gasteiger partial charge in [-0.25, -0.2) is 0 Å². The highest BCUT2D eigenvalue weighted by Gasteiger charge is 2.23. The Kier molecular flexibility index (Phi) is 5.51. The molecule has 4 heteroatoms. The van der Waals surface area contributed by atoms with E-state index in [2.05, 4.69) is 0 Å². The number of ether oxygens (including phenoxy) is 1. The first kappa shape index (κ1) is 16.2. The third-order valence-corrected chi connectivity index (χ3v) is 4.06. The van der Waals surface area contributed by atoms with Gasteiger partial charge >= 0.3 is 0 Å². The molecule has 2 unspecified atom stereocenters. The van der Waals surface area contributed by atoms with Crippen molar-refractivity contribution in [2.45, 2.75) is 32.4 Å². The second kappa shape index (κ2) is 7.17. The van der Waals surface area contributed by atoms with Crippen molar-refractivity contribution in [1.29, 1.82) is 0 Å². The molecule has 21 heavy (non-hydrogen) atoms. The van der Waals surface area contributed by atoms with Gasteiger partial charge in [-0.05, 0) is 37.1 Å². The summed E-state index contributed by atoms with van der Waals surface area (Å²) >= 11 is 12.3. The van der Waals surface area contributed by atoms with E-state index in [1.54, 1.807) is 0 Å². The number of nitrogens with two attached hydrogens (primary N) is 1. The van der Waals surface area contributed by atoms with Crippen molar-refractivity contribution in [3.63, 3.8) is 0 Å². The lowest BCUT2D eigenvalue weighted by Crippen LogP contribution is -2.31. The molecule has 0 saturated heterocycles. The number of halogens is 2. The first-order valence-corrected chi connectivity index (χ1v) is 7.71. The van der Waals surface area contributed by atoms with Crippen LogP contribution < -0.4 is 10.5 Å². The molecule has 0 aromatic heterocycles. The van der Waals surface area contributed by atoms with Crippen LogP contribution in [0.3, 0.4) is 0 Å². The first-order valence-electron chi connectivity index (χ1n) is 6.95. The molecule has 0 heterocycles.